The van der Waals surface area contributed by atoms with Crippen LogP contribution in [-0.4, -0.2) is 60.4 Å². The average Bonchev–Trinajstić information content (AvgIpc) is 2.24. The van der Waals surface area contributed by atoms with Gasteiger partial charge in [-0.15, -0.1) is 0 Å². The lowest BCUT2D eigenvalue weighted by atomic mass is 10.3. The zero-order valence-corrected chi connectivity index (χ0v) is 9.35. The smallest absolute Gasteiger partial charge is 0.0897 e. The summed E-state index contributed by atoms with van der Waals surface area (Å²) < 4.78 is 5.22. The third-order valence-electron chi connectivity index (χ3n) is 1.92. The summed E-state index contributed by atoms with van der Waals surface area (Å²) in [5, 5.41) is 29.8. The molecule has 0 fully saturated rings. The zero-order valence-electron chi connectivity index (χ0n) is 9.35. The van der Waals surface area contributed by atoms with Crippen molar-refractivity contribution in [1.29, 1.82) is 0 Å². The van der Waals surface area contributed by atoms with Gasteiger partial charge in [0.25, 0.3) is 0 Å². The molecule has 0 saturated heterocycles. The van der Waals surface area contributed by atoms with Crippen molar-refractivity contribution in [1.82, 2.24) is 5.32 Å². The van der Waals surface area contributed by atoms with Crippen LogP contribution in [0.2, 0.25) is 0 Å². The maximum Gasteiger partial charge on any atom is 0.0897 e. The molecule has 5 heteroatoms. The van der Waals surface area contributed by atoms with Gasteiger partial charge >= 0.3 is 0 Å². The summed E-state index contributed by atoms with van der Waals surface area (Å²) in [6.45, 7) is 3.44. The number of aliphatic hydroxyl groups excluding tert-OH is 3. The summed E-state index contributed by atoms with van der Waals surface area (Å²) in [6, 6.07) is 0. The van der Waals surface area contributed by atoms with Crippen molar-refractivity contribution in [2.24, 2.45) is 0 Å². The second-order valence-corrected chi connectivity index (χ2v) is 3.58. The Labute approximate surface area is 91.1 Å². The lowest BCUT2D eigenvalue weighted by Crippen LogP contribution is -2.36. The van der Waals surface area contributed by atoms with Crippen molar-refractivity contribution in [2.45, 2.75) is 32.0 Å². The van der Waals surface area contributed by atoms with Crippen molar-refractivity contribution >= 4 is 0 Å². The Morgan fingerprint density at radius 1 is 1.20 bits per heavy atom. The number of rotatable bonds is 10. The van der Waals surface area contributed by atoms with E-state index in [-0.39, 0.29) is 13.2 Å². The molecule has 4 N–H and O–H groups in total. The molecule has 2 unspecified atom stereocenters. The van der Waals surface area contributed by atoms with Crippen LogP contribution in [0.5, 0.6) is 0 Å². The third-order valence-corrected chi connectivity index (χ3v) is 1.92. The van der Waals surface area contributed by atoms with Crippen molar-refractivity contribution < 1.29 is 20.1 Å². The molecule has 0 aliphatic heterocycles. The van der Waals surface area contributed by atoms with Crippen LogP contribution in [0.4, 0.5) is 0 Å². The molecule has 0 heterocycles. The first-order valence-corrected chi connectivity index (χ1v) is 5.46. The molecule has 0 spiro atoms. The fourth-order valence-electron chi connectivity index (χ4n) is 1.01. The van der Waals surface area contributed by atoms with Crippen LogP contribution in [-0.2, 0) is 4.74 Å². The molecular formula is C10H23NO4. The van der Waals surface area contributed by atoms with Crippen LogP contribution in [0.15, 0.2) is 0 Å². The first-order chi connectivity index (χ1) is 7.20. The fourth-order valence-corrected chi connectivity index (χ4v) is 1.01. The minimum Gasteiger partial charge on any atom is -0.394 e. The Kier molecular flexibility index (Phi) is 10.2. The van der Waals surface area contributed by atoms with Gasteiger partial charge in [-0.2, -0.15) is 0 Å². The van der Waals surface area contributed by atoms with E-state index >= 15 is 0 Å². The van der Waals surface area contributed by atoms with Crippen molar-refractivity contribution in [3.8, 4) is 0 Å². The molecule has 0 amide bonds. The highest BCUT2D eigenvalue weighted by molar-refractivity contribution is 4.62. The normalized spacial score (nSPS) is 15.2. The molecule has 0 aliphatic rings. The highest BCUT2D eigenvalue weighted by Crippen LogP contribution is 1.90. The van der Waals surface area contributed by atoms with E-state index in [0.717, 1.165) is 12.8 Å². The molecule has 0 aliphatic carbocycles. The Morgan fingerprint density at radius 3 is 2.47 bits per heavy atom. The Hall–Kier alpha value is -0.200. The summed E-state index contributed by atoms with van der Waals surface area (Å²) in [5.41, 5.74) is 0. The van der Waals surface area contributed by atoms with Gasteiger partial charge in [0.1, 0.15) is 0 Å². The van der Waals surface area contributed by atoms with Gasteiger partial charge in [-0.1, -0.05) is 13.3 Å². The van der Waals surface area contributed by atoms with Gasteiger partial charge in [-0.3, -0.25) is 0 Å². The van der Waals surface area contributed by atoms with Crippen molar-refractivity contribution in [2.75, 3.05) is 32.9 Å². The van der Waals surface area contributed by atoms with Gasteiger partial charge in [0, 0.05) is 19.7 Å². The van der Waals surface area contributed by atoms with Crippen LogP contribution in [0.3, 0.4) is 0 Å². The number of unbranched alkanes of at least 4 members (excludes halogenated alkanes) is 1. The summed E-state index contributed by atoms with van der Waals surface area (Å²) in [4.78, 5) is 0. The topological polar surface area (TPSA) is 82.0 Å². The van der Waals surface area contributed by atoms with Crippen LogP contribution in [0.25, 0.3) is 0 Å². The van der Waals surface area contributed by atoms with E-state index in [9.17, 15) is 5.11 Å². The van der Waals surface area contributed by atoms with Crippen LogP contribution in [0.1, 0.15) is 19.8 Å². The molecule has 5 nitrogen and oxygen atoms in total. The van der Waals surface area contributed by atoms with Gasteiger partial charge < -0.3 is 25.4 Å². The lowest BCUT2D eigenvalue weighted by Gasteiger charge is -2.13. The summed E-state index contributed by atoms with van der Waals surface area (Å²) in [6.07, 6.45) is 0.756. The highest BCUT2D eigenvalue weighted by Gasteiger charge is 2.05. The first-order valence-electron chi connectivity index (χ1n) is 5.46. The largest absolute Gasteiger partial charge is 0.394 e. The lowest BCUT2D eigenvalue weighted by molar-refractivity contribution is 0.0323. The Morgan fingerprint density at radius 2 is 1.87 bits per heavy atom. The van der Waals surface area contributed by atoms with Gasteiger partial charge in [0.2, 0.25) is 0 Å². The minimum atomic E-state index is -0.766. The van der Waals surface area contributed by atoms with Crippen LogP contribution in [0, 0.1) is 0 Å². The molecule has 0 aromatic carbocycles. The average molecular weight is 221 g/mol. The van der Waals surface area contributed by atoms with E-state index in [1.807, 2.05) is 0 Å². The number of hydrogen-bond acceptors (Lipinski definition) is 5. The van der Waals surface area contributed by atoms with Crippen molar-refractivity contribution in [3.05, 3.63) is 0 Å². The summed E-state index contributed by atoms with van der Waals surface area (Å²) in [5.74, 6) is 0. The highest BCUT2D eigenvalue weighted by atomic mass is 16.5. The van der Waals surface area contributed by atoms with Gasteiger partial charge in [-0.25, -0.2) is 0 Å². The van der Waals surface area contributed by atoms with E-state index in [1.165, 1.54) is 0 Å². The Bertz CT molecular complexity index is 135. The monoisotopic (exact) mass is 221 g/mol. The predicted molar refractivity (Wildman–Crippen MR) is 57.7 cm³/mol. The molecule has 0 bridgehead atoms. The molecule has 15 heavy (non-hydrogen) atoms. The molecule has 2 atom stereocenters. The van der Waals surface area contributed by atoms with E-state index in [0.29, 0.717) is 19.8 Å². The van der Waals surface area contributed by atoms with E-state index in [1.54, 1.807) is 0 Å². The second-order valence-electron chi connectivity index (χ2n) is 3.58. The Balaban J connectivity index is 3.21. The van der Waals surface area contributed by atoms with Crippen molar-refractivity contribution in [3.63, 3.8) is 0 Å². The molecule has 92 valence electrons. The molecular weight excluding hydrogens is 198 g/mol. The first kappa shape index (κ1) is 14.8. The number of nitrogens with one attached hydrogen (secondary N) is 1. The van der Waals surface area contributed by atoms with Gasteiger partial charge in [0.05, 0.1) is 25.4 Å². The molecule has 0 radical (unpaired) electrons. The standard InChI is InChI=1S/C10H23NO4/c1-2-3-4-15-8-10(14)6-11-5-9(13)7-12/h9-14H,2-8H2,1H3. The summed E-state index contributed by atoms with van der Waals surface area (Å²) >= 11 is 0. The fraction of sp³-hybridized carbons (Fsp3) is 1.00. The van der Waals surface area contributed by atoms with Crippen LogP contribution < -0.4 is 5.32 Å². The zero-order chi connectivity index (χ0) is 11.5. The number of hydrogen-bond donors (Lipinski definition) is 4. The molecule has 0 rings (SSSR count). The third kappa shape index (κ3) is 10.1. The van der Waals surface area contributed by atoms with E-state index in [2.05, 4.69) is 12.2 Å². The maximum atomic E-state index is 9.40. The summed E-state index contributed by atoms with van der Waals surface area (Å²) in [7, 11) is 0. The van der Waals surface area contributed by atoms with Crippen LogP contribution >= 0.6 is 0 Å². The SMILES string of the molecule is CCCCOCC(O)CNCC(O)CO. The molecule has 0 aromatic heterocycles. The number of aliphatic hydroxyl groups is 3. The van der Waals surface area contributed by atoms with E-state index < -0.39 is 12.2 Å². The van der Waals surface area contributed by atoms with Gasteiger partial charge in [0.15, 0.2) is 0 Å². The second kappa shape index (κ2) is 10.3. The predicted octanol–water partition coefficient (Wildman–Crippen LogP) is -0.893. The van der Waals surface area contributed by atoms with Gasteiger partial charge in [-0.05, 0) is 6.42 Å². The molecule has 0 saturated carbocycles. The maximum absolute atomic E-state index is 9.40. The quantitative estimate of drug-likeness (QED) is 0.360. The molecule has 0 aromatic rings. The van der Waals surface area contributed by atoms with E-state index in [4.69, 9.17) is 14.9 Å². The minimum absolute atomic E-state index is 0.268. The number of ether oxygens (including phenoxy) is 1.